The molecular weight excluding hydrogens is 208 g/mol. The van der Waals surface area contributed by atoms with E-state index in [1.54, 1.807) is 6.92 Å². The number of hydrogen-bond acceptors (Lipinski definition) is 4. The summed E-state index contributed by atoms with van der Waals surface area (Å²) in [7, 11) is 0. The maximum atomic E-state index is 11.7. The van der Waals surface area contributed by atoms with E-state index in [-0.39, 0.29) is 24.5 Å². The van der Waals surface area contributed by atoms with Gasteiger partial charge in [-0.25, -0.2) is 9.97 Å². The molecule has 1 aromatic rings. The number of rotatable bonds is 2. The van der Waals surface area contributed by atoms with Crippen molar-refractivity contribution in [2.45, 2.75) is 26.2 Å². The fraction of sp³-hybridized carbons (Fsp3) is 0.455. The molecule has 84 valence electrons. The first-order valence-electron chi connectivity index (χ1n) is 5.13. The van der Waals surface area contributed by atoms with Crippen molar-refractivity contribution in [1.82, 2.24) is 9.97 Å². The van der Waals surface area contributed by atoms with Crippen molar-refractivity contribution < 1.29 is 14.7 Å². The fourth-order valence-corrected chi connectivity index (χ4v) is 2.01. The third-order valence-electron chi connectivity index (χ3n) is 2.71. The first-order chi connectivity index (χ1) is 7.56. The standard InChI is InChI=1S/C11H12N2O3/c1-6-12-5-8-9(13-6)2-7(3-10(8)14)4-11(15)16/h5,7H,2-4H2,1H3,(H,15,16). The van der Waals surface area contributed by atoms with Gasteiger partial charge in [-0.2, -0.15) is 0 Å². The Kier molecular flexibility index (Phi) is 2.68. The van der Waals surface area contributed by atoms with E-state index in [4.69, 9.17) is 5.11 Å². The van der Waals surface area contributed by atoms with Crippen LogP contribution >= 0.6 is 0 Å². The Morgan fingerprint density at radius 1 is 1.56 bits per heavy atom. The Morgan fingerprint density at radius 3 is 3.00 bits per heavy atom. The summed E-state index contributed by atoms with van der Waals surface area (Å²) in [6, 6.07) is 0. The van der Waals surface area contributed by atoms with Gasteiger partial charge in [0.25, 0.3) is 0 Å². The Labute approximate surface area is 92.5 Å². The van der Waals surface area contributed by atoms with Crippen molar-refractivity contribution >= 4 is 11.8 Å². The van der Waals surface area contributed by atoms with Gasteiger partial charge in [-0.15, -0.1) is 0 Å². The smallest absolute Gasteiger partial charge is 0.303 e. The molecule has 1 N–H and O–H groups in total. The minimum absolute atomic E-state index is 0.0221. The fourth-order valence-electron chi connectivity index (χ4n) is 2.01. The van der Waals surface area contributed by atoms with Crippen LogP contribution in [0.4, 0.5) is 0 Å². The molecule has 0 aliphatic heterocycles. The van der Waals surface area contributed by atoms with E-state index in [0.717, 1.165) is 0 Å². The summed E-state index contributed by atoms with van der Waals surface area (Å²) >= 11 is 0. The second kappa shape index (κ2) is 4.00. The molecule has 2 rings (SSSR count). The summed E-state index contributed by atoms with van der Waals surface area (Å²) in [6.45, 7) is 1.76. The zero-order valence-electron chi connectivity index (χ0n) is 8.93. The highest BCUT2D eigenvalue weighted by molar-refractivity contribution is 5.98. The molecular formula is C11H12N2O3. The highest BCUT2D eigenvalue weighted by atomic mass is 16.4. The molecule has 1 aromatic heterocycles. The number of hydrogen-bond donors (Lipinski definition) is 1. The van der Waals surface area contributed by atoms with Crippen LogP contribution in [0.2, 0.25) is 0 Å². The first kappa shape index (κ1) is 10.7. The number of carboxylic acids is 1. The van der Waals surface area contributed by atoms with Gasteiger partial charge in [-0.05, 0) is 19.3 Å². The van der Waals surface area contributed by atoms with Gasteiger partial charge in [0.1, 0.15) is 5.82 Å². The van der Waals surface area contributed by atoms with Crippen LogP contribution in [0.25, 0.3) is 0 Å². The van der Waals surface area contributed by atoms with Gasteiger partial charge >= 0.3 is 5.97 Å². The van der Waals surface area contributed by atoms with Crippen molar-refractivity contribution in [1.29, 1.82) is 0 Å². The largest absolute Gasteiger partial charge is 0.481 e. The van der Waals surface area contributed by atoms with Crippen LogP contribution in [0.5, 0.6) is 0 Å². The lowest BCUT2D eigenvalue weighted by atomic mass is 9.84. The normalized spacial score (nSPS) is 19.3. The molecule has 1 aliphatic rings. The highest BCUT2D eigenvalue weighted by Crippen LogP contribution is 2.25. The number of carbonyl (C=O) groups excluding carboxylic acids is 1. The van der Waals surface area contributed by atoms with Crippen LogP contribution < -0.4 is 0 Å². The van der Waals surface area contributed by atoms with E-state index in [1.807, 2.05) is 0 Å². The molecule has 0 bridgehead atoms. The summed E-state index contributed by atoms with van der Waals surface area (Å²) < 4.78 is 0. The number of Topliss-reactive ketones (excluding diaryl/α,β-unsaturated/α-hetero) is 1. The Bertz CT molecular complexity index is 457. The molecule has 0 spiro atoms. The van der Waals surface area contributed by atoms with E-state index in [1.165, 1.54) is 6.20 Å². The second-order valence-corrected chi connectivity index (χ2v) is 4.07. The molecule has 5 heteroatoms. The van der Waals surface area contributed by atoms with Crippen molar-refractivity contribution in [3.8, 4) is 0 Å². The lowest BCUT2D eigenvalue weighted by Crippen LogP contribution is -2.24. The summed E-state index contributed by atoms with van der Waals surface area (Å²) in [5.41, 5.74) is 1.24. The topological polar surface area (TPSA) is 80.2 Å². The highest BCUT2D eigenvalue weighted by Gasteiger charge is 2.27. The van der Waals surface area contributed by atoms with Crippen molar-refractivity contribution in [3.05, 3.63) is 23.3 Å². The van der Waals surface area contributed by atoms with Gasteiger partial charge in [0, 0.05) is 19.0 Å². The molecule has 1 aliphatic carbocycles. The van der Waals surface area contributed by atoms with Crippen LogP contribution in [-0.4, -0.2) is 26.8 Å². The number of carbonyl (C=O) groups is 2. The van der Waals surface area contributed by atoms with Crippen LogP contribution in [0.1, 0.15) is 34.7 Å². The number of aromatic nitrogens is 2. The number of ketones is 1. The van der Waals surface area contributed by atoms with Gasteiger partial charge in [-0.1, -0.05) is 0 Å². The maximum absolute atomic E-state index is 11.7. The van der Waals surface area contributed by atoms with Gasteiger partial charge in [0.15, 0.2) is 5.78 Å². The third kappa shape index (κ3) is 2.08. The molecule has 5 nitrogen and oxygen atoms in total. The second-order valence-electron chi connectivity index (χ2n) is 4.07. The number of nitrogens with zero attached hydrogens (tertiary/aromatic N) is 2. The Morgan fingerprint density at radius 2 is 2.31 bits per heavy atom. The minimum atomic E-state index is -0.868. The number of carboxylic acid groups (broad SMARTS) is 1. The maximum Gasteiger partial charge on any atom is 0.303 e. The van der Waals surface area contributed by atoms with E-state index in [2.05, 4.69) is 9.97 Å². The minimum Gasteiger partial charge on any atom is -0.481 e. The number of aliphatic carboxylic acids is 1. The molecule has 0 fully saturated rings. The van der Waals surface area contributed by atoms with Crippen LogP contribution in [-0.2, 0) is 11.2 Å². The molecule has 0 saturated carbocycles. The van der Waals surface area contributed by atoms with Crippen molar-refractivity contribution in [2.75, 3.05) is 0 Å². The predicted octanol–water partition coefficient (Wildman–Crippen LogP) is 1.00. The average Bonchev–Trinajstić information content (AvgIpc) is 2.15. The van der Waals surface area contributed by atoms with Gasteiger partial charge in [0.2, 0.25) is 0 Å². The predicted molar refractivity (Wildman–Crippen MR) is 55.2 cm³/mol. The van der Waals surface area contributed by atoms with E-state index >= 15 is 0 Å². The summed E-state index contributed by atoms with van der Waals surface area (Å²) in [6.07, 6.45) is 2.40. The monoisotopic (exact) mass is 220 g/mol. The molecule has 0 radical (unpaired) electrons. The molecule has 1 heterocycles. The number of aryl methyl sites for hydroxylation is 1. The Balaban J connectivity index is 2.27. The van der Waals surface area contributed by atoms with Gasteiger partial charge < -0.3 is 5.11 Å². The SMILES string of the molecule is Cc1ncc2c(n1)CC(CC(=O)O)CC2=O. The lowest BCUT2D eigenvalue weighted by Gasteiger charge is -2.21. The van der Waals surface area contributed by atoms with E-state index in [0.29, 0.717) is 23.5 Å². The summed E-state index contributed by atoms with van der Waals surface area (Å²) in [4.78, 5) is 30.5. The first-order valence-corrected chi connectivity index (χ1v) is 5.13. The van der Waals surface area contributed by atoms with Crippen molar-refractivity contribution in [2.24, 2.45) is 5.92 Å². The van der Waals surface area contributed by atoms with Crippen LogP contribution in [0, 0.1) is 12.8 Å². The van der Waals surface area contributed by atoms with E-state index < -0.39 is 5.97 Å². The van der Waals surface area contributed by atoms with Crippen LogP contribution in [0.3, 0.4) is 0 Å². The number of fused-ring (bicyclic) bond motifs is 1. The van der Waals surface area contributed by atoms with Crippen LogP contribution in [0.15, 0.2) is 6.20 Å². The molecule has 0 amide bonds. The van der Waals surface area contributed by atoms with E-state index in [9.17, 15) is 9.59 Å². The lowest BCUT2D eigenvalue weighted by molar-refractivity contribution is -0.138. The molecule has 1 atom stereocenters. The molecule has 1 unspecified atom stereocenters. The zero-order chi connectivity index (χ0) is 11.7. The average molecular weight is 220 g/mol. The molecule has 0 aromatic carbocycles. The van der Waals surface area contributed by atoms with Gasteiger partial charge in [0.05, 0.1) is 11.3 Å². The molecule has 0 saturated heterocycles. The third-order valence-corrected chi connectivity index (χ3v) is 2.71. The molecule has 16 heavy (non-hydrogen) atoms. The van der Waals surface area contributed by atoms with Gasteiger partial charge in [-0.3, -0.25) is 9.59 Å². The summed E-state index contributed by atoms with van der Waals surface area (Å²) in [5.74, 6) is -0.436. The van der Waals surface area contributed by atoms with Crippen molar-refractivity contribution in [3.63, 3.8) is 0 Å². The Hall–Kier alpha value is -1.78. The summed E-state index contributed by atoms with van der Waals surface area (Å²) in [5, 5.41) is 8.71. The quantitative estimate of drug-likeness (QED) is 0.804. The zero-order valence-corrected chi connectivity index (χ0v) is 8.93.